The van der Waals surface area contributed by atoms with Crippen LogP contribution in [0.25, 0.3) is 0 Å². The van der Waals surface area contributed by atoms with Gasteiger partial charge >= 0.3 is 0 Å². The summed E-state index contributed by atoms with van der Waals surface area (Å²) in [7, 11) is 0. The molecule has 17 heavy (non-hydrogen) atoms. The number of ether oxygens (including phenoxy) is 3. The van der Waals surface area contributed by atoms with Crippen LogP contribution in [0.4, 0.5) is 0 Å². The van der Waals surface area contributed by atoms with Crippen LogP contribution in [0.3, 0.4) is 0 Å². The summed E-state index contributed by atoms with van der Waals surface area (Å²) < 4.78 is 16.9. The van der Waals surface area contributed by atoms with Gasteiger partial charge in [0.1, 0.15) is 6.61 Å². The van der Waals surface area contributed by atoms with Crippen molar-refractivity contribution in [3.05, 3.63) is 24.3 Å². The van der Waals surface area contributed by atoms with E-state index < -0.39 is 0 Å². The maximum atomic E-state index is 5.78. The monoisotopic (exact) mass is 300 g/mol. The normalized spacial score (nSPS) is 18.1. The van der Waals surface area contributed by atoms with Gasteiger partial charge in [-0.3, -0.25) is 0 Å². The highest BCUT2D eigenvalue weighted by atomic mass is 79.9. The predicted octanol–water partition coefficient (Wildman–Crippen LogP) is 3.02. The zero-order chi connectivity index (χ0) is 11.9. The van der Waals surface area contributed by atoms with Crippen molar-refractivity contribution in [2.24, 2.45) is 0 Å². The number of alkyl halides is 1. The molecule has 1 aromatic carbocycles. The summed E-state index contributed by atoms with van der Waals surface area (Å²) in [5.74, 6) is 1.64. The van der Waals surface area contributed by atoms with E-state index in [0.717, 1.165) is 36.3 Å². The molecular formula is C13H17BrO3. The molecule has 1 aromatic rings. The molecule has 0 saturated heterocycles. The summed E-state index contributed by atoms with van der Waals surface area (Å²) in [5.41, 5.74) is 0. The second-order valence-corrected chi connectivity index (χ2v) is 4.76. The summed E-state index contributed by atoms with van der Waals surface area (Å²) in [5, 5.41) is 1.03. The first-order valence-corrected chi connectivity index (χ1v) is 7.04. The van der Waals surface area contributed by atoms with Gasteiger partial charge in [-0.2, -0.15) is 0 Å². The fourth-order valence-electron chi connectivity index (χ4n) is 1.66. The van der Waals surface area contributed by atoms with Crippen molar-refractivity contribution >= 4 is 15.9 Å². The Bertz CT molecular complexity index is 343. The Hall–Kier alpha value is -0.740. The molecule has 1 heterocycles. The van der Waals surface area contributed by atoms with Crippen LogP contribution in [-0.4, -0.2) is 31.3 Å². The molecular weight excluding hydrogens is 284 g/mol. The van der Waals surface area contributed by atoms with E-state index in [2.05, 4.69) is 15.9 Å². The van der Waals surface area contributed by atoms with E-state index in [0.29, 0.717) is 13.2 Å². The van der Waals surface area contributed by atoms with Crippen LogP contribution in [0.15, 0.2) is 24.3 Å². The van der Waals surface area contributed by atoms with Gasteiger partial charge < -0.3 is 14.2 Å². The molecule has 1 aliphatic heterocycles. The average Bonchev–Trinajstić information content (AvgIpc) is 2.38. The van der Waals surface area contributed by atoms with Gasteiger partial charge in [-0.25, -0.2) is 0 Å². The third kappa shape index (κ3) is 3.89. The topological polar surface area (TPSA) is 27.7 Å². The van der Waals surface area contributed by atoms with Crippen LogP contribution in [0, 0.1) is 0 Å². The van der Waals surface area contributed by atoms with Gasteiger partial charge in [-0.05, 0) is 25.0 Å². The number of unbranched alkanes of at least 4 members (excludes halogenated alkanes) is 1. The molecule has 0 bridgehead atoms. The number of benzene rings is 1. The standard InChI is InChI=1S/C13H17BrO3/c14-7-3-4-8-15-9-11-10-16-12-5-1-2-6-13(12)17-11/h1-2,5-6,11H,3-4,7-10H2. The molecule has 0 aromatic heterocycles. The quantitative estimate of drug-likeness (QED) is 0.597. The van der Waals surface area contributed by atoms with Gasteiger partial charge in [0.05, 0.1) is 6.61 Å². The lowest BCUT2D eigenvalue weighted by Crippen LogP contribution is -2.33. The van der Waals surface area contributed by atoms with Gasteiger partial charge in [0.2, 0.25) is 0 Å². The van der Waals surface area contributed by atoms with Crippen LogP contribution >= 0.6 is 15.9 Å². The number of fused-ring (bicyclic) bond motifs is 1. The van der Waals surface area contributed by atoms with Crippen molar-refractivity contribution in [2.75, 3.05) is 25.2 Å². The number of para-hydroxylation sites is 2. The van der Waals surface area contributed by atoms with Crippen LogP contribution in [-0.2, 0) is 4.74 Å². The third-order valence-corrected chi connectivity index (χ3v) is 3.10. The highest BCUT2D eigenvalue weighted by molar-refractivity contribution is 9.09. The SMILES string of the molecule is BrCCCCOCC1COc2ccccc2O1. The van der Waals surface area contributed by atoms with Crippen LogP contribution in [0.2, 0.25) is 0 Å². The second kappa shape index (κ2) is 6.87. The molecule has 0 N–H and O–H groups in total. The summed E-state index contributed by atoms with van der Waals surface area (Å²) >= 11 is 3.40. The first-order chi connectivity index (χ1) is 8.40. The minimum atomic E-state index is 0.00821. The van der Waals surface area contributed by atoms with Crippen molar-refractivity contribution < 1.29 is 14.2 Å². The van der Waals surface area contributed by atoms with Crippen molar-refractivity contribution in [2.45, 2.75) is 18.9 Å². The average molecular weight is 301 g/mol. The zero-order valence-corrected chi connectivity index (χ0v) is 11.3. The molecule has 1 unspecified atom stereocenters. The fourth-order valence-corrected chi connectivity index (χ4v) is 2.06. The highest BCUT2D eigenvalue weighted by Crippen LogP contribution is 2.30. The Morgan fingerprint density at radius 1 is 1.24 bits per heavy atom. The lowest BCUT2D eigenvalue weighted by atomic mass is 10.2. The molecule has 94 valence electrons. The van der Waals surface area contributed by atoms with Gasteiger partial charge in [0.25, 0.3) is 0 Å². The molecule has 2 rings (SSSR count). The van der Waals surface area contributed by atoms with Crippen LogP contribution in [0.5, 0.6) is 11.5 Å². The van der Waals surface area contributed by atoms with Crippen molar-refractivity contribution in [3.8, 4) is 11.5 Å². The lowest BCUT2D eigenvalue weighted by molar-refractivity contribution is 0.00816. The smallest absolute Gasteiger partial charge is 0.161 e. The second-order valence-electron chi connectivity index (χ2n) is 3.97. The first-order valence-electron chi connectivity index (χ1n) is 5.92. The van der Waals surface area contributed by atoms with Crippen LogP contribution < -0.4 is 9.47 Å². The Labute approximate surface area is 110 Å². The lowest BCUT2D eigenvalue weighted by Gasteiger charge is -2.26. The number of halogens is 1. The van der Waals surface area contributed by atoms with E-state index in [1.165, 1.54) is 0 Å². The molecule has 1 aliphatic rings. The number of rotatable bonds is 6. The van der Waals surface area contributed by atoms with Crippen molar-refractivity contribution in [3.63, 3.8) is 0 Å². The molecule has 1 atom stereocenters. The molecule has 0 spiro atoms. The Kier molecular flexibility index (Phi) is 5.13. The fraction of sp³-hybridized carbons (Fsp3) is 0.538. The molecule has 0 radical (unpaired) electrons. The molecule has 3 nitrogen and oxygen atoms in total. The highest BCUT2D eigenvalue weighted by Gasteiger charge is 2.20. The Morgan fingerprint density at radius 2 is 2.06 bits per heavy atom. The van der Waals surface area contributed by atoms with E-state index in [1.54, 1.807) is 0 Å². The van der Waals surface area contributed by atoms with E-state index in [9.17, 15) is 0 Å². The first kappa shape index (κ1) is 12.7. The summed E-state index contributed by atoms with van der Waals surface area (Å²) in [6.07, 6.45) is 2.23. The molecule has 0 aliphatic carbocycles. The van der Waals surface area contributed by atoms with Gasteiger partial charge in [-0.1, -0.05) is 28.1 Å². The number of hydrogen-bond acceptors (Lipinski definition) is 3. The summed E-state index contributed by atoms with van der Waals surface area (Å²) in [4.78, 5) is 0. The van der Waals surface area contributed by atoms with Gasteiger partial charge in [0.15, 0.2) is 17.6 Å². The predicted molar refractivity (Wildman–Crippen MR) is 70.2 cm³/mol. The van der Waals surface area contributed by atoms with E-state index in [-0.39, 0.29) is 6.10 Å². The largest absolute Gasteiger partial charge is 0.486 e. The maximum absolute atomic E-state index is 5.78. The summed E-state index contributed by atoms with van der Waals surface area (Å²) in [6, 6.07) is 7.73. The van der Waals surface area contributed by atoms with E-state index in [1.807, 2.05) is 24.3 Å². The third-order valence-electron chi connectivity index (χ3n) is 2.54. The Morgan fingerprint density at radius 3 is 2.88 bits per heavy atom. The molecule has 0 saturated carbocycles. The molecule has 4 heteroatoms. The summed E-state index contributed by atoms with van der Waals surface area (Å²) in [6.45, 7) is 1.94. The maximum Gasteiger partial charge on any atom is 0.161 e. The van der Waals surface area contributed by atoms with Crippen molar-refractivity contribution in [1.29, 1.82) is 0 Å². The minimum Gasteiger partial charge on any atom is -0.486 e. The zero-order valence-electron chi connectivity index (χ0n) is 9.73. The minimum absolute atomic E-state index is 0.00821. The molecule has 0 amide bonds. The Balaban J connectivity index is 1.71. The van der Waals surface area contributed by atoms with Crippen molar-refractivity contribution in [1.82, 2.24) is 0 Å². The molecule has 0 fully saturated rings. The number of hydrogen-bond donors (Lipinski definition) is 0. The van der Waals surface area contributed by atoms with Gasteiger partial charge in [-0.15, -0.1) is 0 Å². The van der Waals surface area contributed by atoms with Crippen LogP contribution in [0.1, 0.15) is 12.8 Å². The van der Waals surface area contributed by atoms with E-state index >= 15 is 0 Å². The van der Waals surface area contributed by atoms with E-state index in [4.69, 9.17) is 14.2 Å². The van der Waals surface area contributed by atoms with Gasteiger partial charge in [0, 0.05) is 11.9 Å².